The second kappa shape index (κ2) is 8.38. The molecule has 0 radical (unpaired) electrons. The number of aryl methyl sites for hydroxylation is 1. The number of amides is 2. The van der Waals surface area contributed by atoms with Crippen molar-refractivity contribution in [3.63, 3.8) is 0 Å². The Balaban J connectivity index is 1.50. The third-order valence-electron chi connectivity index (χ3n) is 4.93. The molecule has 150 valence electrons. The first-order valence-electron chi connectivity index (χ1n) is 9.13. The fourth-order valence-electron chi connectivity index (χ4n) is 3.40. The number of carbonyl (C=O) groups is 2. The number of pyridine rings is 1. The van der Waals surface area contributed by atoms with E-state index in [0.717, 1.165) is 33.1 Å². The summed E-state index contributed by atoms with van der Waals surface area (Å²) in [5.74, 6) is -0.0294. The number of aromatic nitrogens is 2. The van der Waals surface area contributed by atoms with Gasteiger partial charge >= 0.3 is 0 Å². The summed E-state index contributed by atoms with van der Waals surface area (Å²) < 4.78 is 6.03. The maximum atomic E-state index is 12.8. The van der Waals surface area contributed by atoms with Crippen LogP contribution in [0.1, 0.15) is 43.4 Å². The van der Waals surface area contributed by atoms with Gasteiger partial charge in [0, 0.05) is 36.9 Å². The second-order valence-electron chi connectivity index (χ2n) is 6.67. The van der Waals surface area contributed by atoms with Crippen LogP contribution in [0, 0.1) is 6.92 Å². The smallest absolute Gasteiger partial charge is 0.287 e. The van der Waals surface area contributed by atoms with Crippen LogP contribution in [0.25, 0.3) is 0 Å². The minimum absolute atomic E-state index is 0.0551. The van der Waals surface area contributed by atoms with Crippen LogP contribution in [0.4, 0.5) is 0 Å². The summed E-state index contributed by atoms with van der Waals surface area (Å²) in [6.07, 6.45) is 5.97. The van der Waals surface area contributed by atoms with Gasteiger partial charge in [-0.05, 0) is 48.4 Å². The van der Waals surface area contributed by atoms with Gasteiger partial charge in [-0.15, -0.1) is 11.3 Å². The Labute approximate surface area is 176 Å². The van der Waals surface area contributed by atoms with Gasteiger partial charge in [-0.1, -0.05) is 11.8 Å². The van der Waals surface area contributed by atoms with Crippen LogP contribution in [0.3, 0.4) is 0 Å². The molecule has 0 bridgehead atoms. The van der Waals surface area contributed by atoms with Crippen LogP contribution in [0.5, 0.6) is 0 Å². The predicted molar refractivity (Wildman–Crippen MR) is 111 cm³/mol. The summed E-state index contributed by atoms with van der Waals surface area (Å²) in [6, 6.07) is 3.31. The van der Waals surface area contributed by atoms with Crippen molar-refractivity contribution < 1.29 is 14.0 Å². The molecule has 2 amide bonds. The number of furan rings is 1. The van der Waals surface area contributed by atoms with E-state index in [1.807, 2.05) is 29.7 Å². The van der Waals surface area contributed by atoms with E-state index >= 15 is 0 Å². The SMILES string of the molecule is CSc1nc(C(=O)N2CCc3c(cnc(C)c3CNC(=O)c3ccco3)C2)cs1. The average Bonchev–Trinajstić information content (AvgIpc) is 3.44. The molecule has 0 saturated carbocycles. The molecule has 0 aliphatic carbocycles. The van der Waals surface area contributed by atoms with Gasteiger partial charge in [-0.25, -0.2) is 4.98 Å². The maximum Gasteiger partial charge on any atom is 0.287 e. The highest BCUT2D eigenvalue weighted by Gasteiger charge is 2.26. The molecule has 9 heteroatoms. The molecule has 1 N–H and O–H groups in total. The molecule has 3 aromatic rings. The summed E-state index contributed by atoms with van der Waals surface area (Å²) >= 11 is 3.02. The zero-order valence-corrected chi connectivity index (χ0v) is 17.7. The number of rotatable bonds is 5. The molecule has 4 heterocycles. The van der Waals surface area contributed by atoms with Crippen LogP contribution in [0.2, 0.25) is 0 Å². The number of nitrogens with one attached hydrogen (secondary N) is 1. The average molecular weight is 429 g/mol. The molecule has 29 heavy (non-hydrogen) atoms. The van der Waals surface area contributed by atoms with Gasteiger partial charge in [0.15, 0.2) is 5.76 Å². The molecular weight excluding hydrogens is 408 g/mol. The van der Waals surface area contributed by atoms with E-state index in [4.69, 9.17) is 4.42 Å². The van der Waals surface area contributed by atoms with Gasteiger partial charge in [0.05, 0.1) is 6.26 Å². The summed E-state index contributed by atoms with van der Waals surface area (Å²) in [4.78, 5) is 35.7. The molecule has 1 aliphatic rings. The normalized spacial score (nSPS) is 13.2. The quantitative estimate of drug-likeness (QED) is 0.628. The first-order chi connectivity index (χ1) is 14.1. The van der Waals surface area contributed by atoms with Crippen LogP contribution in [0.15, 0.2) is 38.7 Å². The molecular formula is C20H20N4O3S2. The number of carbonyl (C=O) groups excluding carboxylic acids is 2. The third kappa shape index (κ3) is 4.06. The number of hydrogen-bond donors (Lipinski definition) is 1. The Kier molecular flexibility index (Phi) is 5.68. The van der Waals surface area contributed by atoms with E-state index in [-0.39, 0.29) is 17.6 Å². The largest absolute Gasteiger partial charge is 0.459 e. The first-order valence-corrected chi connectivity index (χ1v) is 11.2. The van der Waals surface area contributed by atoms with E-state index in [0.29, 0.717) is 25.3 Å². The van der Waals surface area contributed by atoms with E-state index < -0.39 is 0 Å². The number of nitrogens with zero attached hydrogens (tertiary/aromatic N) is 3. The highest BCUT2D eigenvalue weighted by molar-refractivity contribution is 8.00. The Hall–Kier alpha value is -2.65. The minimum atomic E-state index is -0.257. The van der Waals surface area contributed by atoms with Crippen molar-refractivity contribution in [2.24, 2.45) is 0 Å². The lowest BCUT2D eigenvalue weighted by Gasteiger charge is -2.30. The second-order valence-corrected chi connectivity index (χ2v) is 8.58. The van der Waals surface area contributed by atoms with E-state index in [9.17, 15) is 9.59 Å². The highest BCUT2D eigenvalue weighted by atomic mass is 32.2. The Morgan fingerprint density at radius 2 is 2.28 bits per heavy atom. The zero-order chi connectivity index (χ0) is 20.4. The fourth-order valence-corrected chi connectivity index (χ4v) is 4.64. The standard InChI is InChI=1S/C20H20N4O3S2/c1-12-15(9-22-18(25)17-4-3-7-27-17)14-5-6-24(10-13(14)8-21-12)19(26)16-11-29-20(23-16)28-2/h3-4,7-8,11H,5-6,9-10H2,1-2H3,(H,22,25). The molecule has 0 atom stereocenters. The Morgan fingerprint density at radius 3 is 3.00 bits per heavy atom. The monoisotopic (exact) mass is 428 g/mol. The molecule has 0 unspecified atom stereocenters. The molecule has 0 fully saturated rings. The lowest BCUT2D eigenvalue weighted by Crippen LogP contribution is -2.37. The minimum Gasteiger partial charge on any atom is -0.459 e. The van der Waals surface area contributed by atoms with Gasteiger partial charge in [0.2, 0.25) is 0 Å². The Morgan fingerprint density at radius 1 is 1.41 bits per heavy atom. The lowest BCUT2D eigenvalue weighted by molar-refractivity contribution is 0.0728. The van der Waals surface area contributed by atoms with Crippen molar-refractivity contribution in [1.29, 1.82) is 0 Å². The number of thiazole rings is 1. The molecule has 7 nitrogen and oxygen atoms in total. The molecule has 1 aliphatic heterocycles. The lowest BCUT2D eigenvalue weighted by atomic mass is 9.94. The summed E-state index contributed by atoms with van der Waals surface area (Å²) in [5.41, 5.74) is 4.55. The van der Waals surface area contributed by atoms with Gasteiger partial charge < -0.3 is 14.6 Å². The van der Waals surface area contributed by atoms with Gasteiger partial charge in [-0.3, -0.25) is 14.6 Å². The van der Waals surface area contributed by atoms with Crippen LogP contribution >= 0.6 is 23.1 Å². The molecule has 0 aromatic carbocycles. The van der Waals surface area contributed by atoms with Crippen molar-refractivity contribution in [3.05, 3.63) is 63.8 Å². The van der Waals surface area contributed by atoms with E-state index in [1.54, 1.807) is 12.1 Å². The van der Waals surface area contributed by atoms with Gasteiger partial charge in [0.1, 0.15) is 10.0 Å². The molecule has 0 spiro atoms. The van der Waals surface area contributed by atoms with Crippen LogP contribution < -0.4 is 5.32 Å². The third-order valence-corrected chi connectivity index (χ3v) is 6.79. The maximum absolute atomic E-state index is 12.8. The van der Waals surface area contributed by atoms with Crippen LogP contribution in [-0.2, 0) is 19.5 Å². The van der Waals surface area contributed by atoms with Crippen molar-refractivity contribution in [1.82, 2.24) is 20.2 Å². The highest BCUT2D eigenvalue weighted by Crippen LogP contribution is 2.26. The van der Waals surface area contributed by atoms with E-state index in [1.165, 1.54) is 29.4 Å². The Bertz CT molecular complexity index is 1050. The van der Waals surface area contributed by atoms with Gasteiger partial charge in [-0.2, -0.15) is 0 Å². The molecule has 4 rings (SSSR count). The first kappa shape index (κ1) is 19.7. The molecule has 0 saturated heterocycles. The fraction of sp³-hybridized carbons (Fsp3) is 0.300. The number of fused-ring (bicyclic) bond motifs is 1. The van der Waals surface area contributed by atoms with Gasteiger partial charge in [0.25, 0.3) is 11.8 Å². The van der Waals surface area contributed by atoms with E-state index in [2.05, 4.69) is 15.3 Å². The van der Waals surface area contributed by atoms with Crippen molar-refractivity contribution in [3.8, 4) is 0 Å². The predicted octanol–water partition coefficient (Wildman–Crippen LogP) is 3.29. The summed E-state index contributed by atoms with van der Waals surface area (Å²) in [7, 11) is 0. The topological polar surface area (TPSA) is 88.3 Å². The number of hydrogen-bond acceptors (Lipinski definition) is 7. The van der Waals surface area contributed by atoms with Crippen molar-refractivity contribution >= 4 is 34.9 Å². The summed E-state index contributed by atoms with van der Waals surface area (Å²) in [5, 5.41) is 4.71. The summed E-state index contributed by atoms with van der Waals surface area (Å²) in [6.45, 7) is 3.41. The molecule has 3 aromatic heterocycles. The number of thioether (sulfide) groups is 1. The zero-order valence-electron chi connectivity index (χ0n) is 16.1. The van der Waals surface area contributed by atoms with Crippen LogP contribution in [-0.4, -0.2) is 39.5 Å². The van der Waals surface area contributed by atoms with Crippen molar-refractivity contribution in [2.45, 2.75) is 30.8 Å². The van der Waals surface area contributed by atoms with Crippen molar-refractivity contribution in [2.75, 3.05) is 12.8 Å².